The highest BCUT2D eigenvalue weighted by Crippen LogP contribution is 2.66. The Morgan fingerprint density at radius 1 is 0.844 bits per heavy atom. The molecule has 0 radical (unpaired) electrons. The van der Waals surface area contributed by atoms with Crippen LogP contribution in [-0.2, 0) is 14.4 Å². The van der Waals surface area contributed by atoms with Gasteiger partial charge >= 0.3 is 0 Å². The molecule has 1 aliphatic heterocycles. The van der Waals surface area contributed by atoms with Crippen molar-refractivity contribution in [1.82, 2.24) is 20.4 Å². The van der Waals surface area contributed by atoms with Crippen molar-refractivity contribution in [1.29, 1.82) is 0 Å². The number of nitrogens with zero attached hydrogens (tertiary/aromatic N) is 2. The van der Waals surface area contributed by atoms with Crippen LogP contribution in [0.4, 0.5) is 0 Å². The fraction of sp³-hybridized carbons (Fsp3) is 0.917. The van der Waals surface area contributed by atoms with Crippen molar-refractivity contribution in [2.45, 2.75) is 130 Å². The highest BCUT2D eigenvalue weighted by Gasteiger charge is 2.61. The quantitative estimate of drug-likeness (QED) is 0.309. The van der Waals surface area contributed by atoms with Crippen LogP contribution in [0.25, 0.3) is 0 Å². The minimum atomic E-state index is -0.615. The van der Waals surface area contributed by atoms with Gasteiger partial charge in [-0.05, 0) is 104 Å². The maximum atomic E-state index is 13.7. The third-order valence-corrected chi connectivity index (χ3v) is 13.1. The summed E-state index contributed by atoms with van der Waals surface area (Å²) in [5, 5.41) is 27.9. The number of aliphatic hydroxyl groups excluding tert-OH is 2. The first-order valence-electron chi connectivity index (χ1n) is 18.2. The van der Waals surface area contributed by atoms with Crippen LogP contribution in [0.2, 0.25) is 0 Å². The number of hydrogen-bond acceptors (Lipinski definition) is 6. The van der Waals surface area contributed by atoms with Crippen LogP contribution in [0.3, 0.4) is 0 Å². The minimum Gasteiger partial charge on any atom is -0.393 e. The largest absolute Gasteiger partial charge is 0.393 e. The molecule has 4 saturated carbocycles. The molecule has 45 heavy (non-hydrogen) atoms. The summed E-state index contributed by atoms with van der Waals surface area (Å²) in [6, 6.07) is -0.512. The number of carbonyl (C=O) groups is 3. The molecule has 0 spiro atoms. The summed E-state index contributed by atoms with van der Waals surface area (Å²) >= 11 is 0. The molecule has 0 unspecified atom stereocenters. The molecule has 0 aromatic carbocycles. The number of piperazine rings is 1. The summed E-state index contributed by atoms with van der Waals surface area (Å²) in [6.45, 7) is 15.4. The molecular formula is C36H62N4O5. The van der Waals surface area contributed by atoms with E-state index < -0.39 is 6.04 Å². The lowest BCUT2D eigenvalue weighted by molar-refractivity contribution is -0.157. The summed E-state index contributed by atoms with van der Waals surface area (Å²) < 4.78 is 0. The summed E-state index contributed by atoms with van der Waals surface area (Å²) in [6.07, 6.45) is 9.15. The molecule has 3 amide bonds. The number of fused-ring (bicyclic) bond motifs is 5. The average Bonchev–Trinajstić information content (AvgIpc) is 3.29. The number of hydrogen-bond donors (Lipinski definition) is 4. The first kappa shape index (κ1) is 34.6. The standard InChI is InChI=1S/C36H62N4O5/c1-22(2)17-28(38-33(44)21-37-32(43)18-23(3)4)34(45)40-15-13-39(14-16-40)29-20-36(6)24(19-30(29)41)7-8-25-26-9-10-31(42)35(26,5)12-11-27(25)36/h22-31,41-42H,7-21H2,1-6H3,(H,37,43)(H,38,44)/t24-,25-,26-,27-,28-,29-,30-,31-,35-,36-/m0/s1. The van der Waals surface area contributed by atoms with Crippen molar-refractivity contribution in [2.75, 3.05) is 32.7 Å². The van der Waals surface area contributed by atoms with Gasteiger partial charge in [-0.3, -0.25) is 19.3 Å². The number of carbonyl (C=O) groups excluding carboxylic acids is 3. The maximum absolute atomic E-state index is 13.7. The first-order valence-corrected chi connectivity index (χ1v) is 18.2. The lowest BCUT2D eigenvalue weighted by Gasteiger charge is -2.62. The van der Waals surface area contributed by atoms with Crippen LogP contribution in [0.5, 0.6) is 0 Å². The molecule has 5 fully saturated rings. The summed E-state index contributed by atoms with van der Waals surface area (Å²) in [5.41, 5.74) is 0.279. The van der Waals surface area contributed by atoms with E-state index in [2.05, 4.69) is 29.4 Å². The molecule has 10 atom stereocenters. The zero-order valence-electron chi connectivity index (χ0n) is 28.9. The monoisotopic (exact) mass is 630 g/mol. The predicted octanol–water partition coefficient (Wildman–Crippen LogP) is 3.57. The van der Waals surface area contributed by atoms with Gasteiger partial charge in [-0.25, -0.2) is 0 Å². The van der Waals surface area contributed by atoms with E-state index in [0.717, 1.165) is 45.2 Å². The van der Waals surface area contributed by atoms with E-state index in [4.69, 9.17) is 0 Å². The lowest BCUT2D eigenvalue weighted by Crippen LogP contribution is -2.63. The molecule has 0 aromatic heterocycles. The average molecular weight is 631 g/mol. The van der Waals surface area contributed by atoms with Crippen LogP contribution in [-0.4, -0.2) is 94.7 Å². The Kier molecular flexibility index (Phi) is 10.6. The Balaban J connectivity index is 1.18. The Bertz CT molecular complexity index is 1080. The van der Waals surface area contributed by atoms with Gasteiger partial charge in [0.05, 0.1) is 18.8 Å². The van der Waals surface area contributed by atoms with Gasteiger partial charge < -0.3 is 25.7 Å². The second-order valence-corrected chi connectivity index (χ2v) is 16.9. The van der Waals surface area contributed by atoms with Crippen molar-refractivity contribution in [3.05, 3.63) is 0 Å². The smallest absolute Gasteiger partial charge is 0.245 e. The Morgan fingerprint density at radius 2 is 1.53 bits per heavy atom. The second-order valence-electron chi connectivity index (χ2n) is 16.9. The van der Waals surface area contributed by atoms with Crippen molar-refractivity contribution in [3.63, 3.8) is 0 Å². The normalized spacial score (nSPS) is 39.2. The Morgan fingerprint density at radius 3 is 2.20 bits per heavy atom. The Labute approximate surface area is 271 Å². The molecule has 1 heterocycles. The molecule has 1 saturated heterocycles. The third-order valence-electron chi connectivity index (χ3n) is 13.1. The van der Waals surface area contributed by atoms with E-state index in [1.807, 2.05) is 32.6 Å². The van der Waals surface area contributed by atoms with E-state index in [-0.39, 0.29) is 65.2 Å². The number of nitrogens with one attached hydrogen (secondary N) is 2. The first-order chi connectivity index (χ1) is 21.2. The minimum absolute atomic E-state index is 0.0550. The summed E-state index contributed by atoms with van der Waals surface area (Å²) in [5.74, 6) is 2.42. The SMILES string of the molecule is CC(C)CC(=O)NCC(=O)N[C@@H](CC(C)C)C(=O)N1CCN([C@H]2C[C@@]3(C)[C@@H](CC[C@@H]4[C@@H]3CC[C@]3(C)[C@@H](O)CC[C@@H]43)C[C@@H]2O)CC1. The lowest BCUT2D eigenvalue weighted by atomic mass is 9.44. The molecule has 0 bridgehead atoms. The van der Waals surface area contributed by atoms with E-state index in [1.54, 1.807) is 0 Å². The van der Waals surface area contributed by atoms with Gasteiger partial charge in [0.2, 0.25) is 17.7 Å². The van der Waals surface area contributed by atoms with Crippen molar-refractivity contribution >= 4 is 17.7 Å². The van der Waals surface area contributed by atoms with Crippen LogP contribution in [0, 0.1) is 46.3 Å². The molecule has 256 valence electrons. The fourth-order valence-electron chi connectivity index (χ4n) is 10.7. The number of rotatable bonds is 9. The van der Waals surface area contributed by atoms with E-state index >= 15 is 0 Å². The highest BCUT2D eigenvalue weighted by atomic mass is 16.3. The van der Waals surface area contributed by atoms with Crippen LogP contribution < -0.4 is 10.6 Å². The van der Waals surface area contributed by atoms with Gasteiger partial charge in [0, 0.05) is 38.6 Å². The van der Waals surface area contributed by atoms with Gasteiger partial charge in [-0.15, -0.1) is 0 Å². The van der Waals surface area contributed by atoms with E-state index in [9.17, 15) is 24.6 Å². The molecule has 5 aliphatic rings. The number of aliphatic hydroxyl groups is 2. The highest BCUT2D eigenvalue weighted by molar-refractivity contribution is 5.90. The molecule has 4 N–H and O–H groups in total. The van der Waals surface area contributed by atoms with Gasteiger partial charge in [0.25, 0.3) is 0 Å². The van der Waals surface area contributed by atoms with Gasteiger partial charge in [0.1, 0.15) is 6.04 Å². The van der Waals surface area contributed by atoms with Crippen LogP contribution in [0.1, 0.15) is 106 Å². The molecule has 9 nitrogen and oxygen atoms in total. The van der Waals surface area contributed by atoms with Gasteiger partial charge in [-0.1, -0.05) is 41.5 Å². The van der Waals surface area contributed by atoms with Gasteiger partial charge in [-0.2, -0.15) is 0 Å². The second kappa shape index (κ2) is 13.8. The van der Waals surface area contributed by atoms with Gasteiger partial charge in [0.15, 0.2) is 0 Å². The van der Waals surface area contributed by atoms with Crippen molar-refractivity contribution in [3.8, 4) is 0 Å². The summed E-state index contributed by atoms with van der Waals surface area (Å²) in [7, 11) is 0. The molecule has 4 aliphatic carbocycles. The molecule has 0 aromatic rings. The van der Waals surface area contributed by atoms with Crippen molar-refractivity contribution in [2.24, 2.45) is 46.3 Å². The summed E-state index contributed by atoms with van der Waals surface area (Å²) in [4.78, 5) is 42.7. The van der Waals surface area contributed by atoms with Crippen molar-refractivity contribution < 1.29 is 24.6 Å². The molecule has 5 rings (SSSR count). The van der Waals surface area contributed by atoms with Crippen LogP contribution in [0.15, 0.2) is 0 Å². The number of amides is 3. The zero-order valence-corrected chi connectivity index (χ0v) is 28.9. The van der Waals surface area contributed by atoms with E-state index in [0.29, 0.717) is 49.6 Å². The van der Waals surface area contributed by atoms with E-state index in [1.165, 1.54) is 19.3 Å². The van der Waals surface area contributed by atoms with Crippen LogP contribution >= 0.6 is 0 Å². The zero-order chi connectivity index (χ0) is 32.7. The maximum Gasteiger partial charge on any atom is 0.245 e. The third kappa shape index (κ3) is 7.11. The molecule has 9 heteroatoms. The predicted molar refractivity (Wildman–Crippen MR) is 175 cm³/mol. The molecular weight excluding hydrogens is 568 g/mol. The fourth-order valence-corrected chi connectivity index (χ4v) is 10.7. The topological polar surface area (TPSA) is 122 Å². The Hall–Kier alpha value is -1.71.